The second kappa shape index (κ2) is 5.35. The highest BCUT2D eigenvalue weighted by molar-refractivity contribution is 5.79. The first-order valence-electron chi connectivity index (χ1n) is 5.35. The third-order valence-corrected chi connectivity index (χ3v) is 2.85. The molecule has 0 aliphatic rings. The molecule has 3 heteroatoms. The van der Waals surface area contributed by atoms with Crippen LogP contribution in [0.4, 0.5) is 0 Å². The number of rotatable bonds is 5. The first-order valence-corrected chi connectivity index (χ1v) is 5.35. The van der Waals surface area contributed by atoms with Crippen LogP contribution in [-0.2, 0) is 4.79 Å². The molecule has 2 N–H and O–H groups in total. The van der Waals surface area contributed by atoms with E-state index in [-0.39, 0.29) is 11.8 Å². The summed E-state index contributed by atoms with van der Waals surface area (Å²) in [6, 6.07) is 0. The summed E-state index contributed by atoms with van der Waals surface area (Å²) in [6.07, 6.45) is 1.15. The van der Waals surface area contributed by atoms with Crippen molar-refractivity contribution in [1.29, 1.82) is 0 Å². The summed E-state index contributed by atoms with van der Waals surface area (Å²) in [7, 11) is 0. The maximum absolute atomic E-state index is 11.7. The SMILES string of the molecule is CCC(CC)C(=O)NC(C)(C)C(C)O. The Balaban J connectivity index is 4.30. The first kappa shape index (κ1) is 13.4. The zero-order valence-electron chi connectivity index (χ0n) is 9.92. The summed E-state index contributed by atoms with van der Waals surface area (Å²) in [4.78, 5) is 11.7. The van der Waals surface area contributed by atoms with Gasteiger partial charge < -0.3 is 10.4 Å². The van der Waals surface area contributed by atoms with Gasteiger partial charge in [-0.15, -0.1) is 0 Å². The number of amides is 1. The lowest BCUT2D eigenvalue weighted by Gasteiger charge is -2.31. The summed E-state index contributed by atoms with van der Waals surface area (Å²) in [5.41, 5.74) is -0.542. The van der Waals surface area contributed by atoms with E-state index in [0.29, 0.717) is 0 Å². The van der Waals surface area contributed by atoms with Crippen molar-refractivity contribution in [2.75, 3.05) is 0 Å². The van der Waals surface area contributed by atoms with Crippen molar-refractivity contribution >= 4 is 5.91 Å². The third-order valence-electron chi connectivity index (χ3n) is 2.85. The maximum atomic E-state index is 11.7. The van der Waals surface area contributed by atoms with Gasteiger partial charge in [0.1, 0.15) is 0 Å². The summed E-state index contributed by atoms with van der Waals surface area (Å²) in [6.45, 7) is 9.36. The van der Waals surface area contributed by atoms with Crippen molar-refractivity contribution < 1.29 is 9.90 Å². The fourth-order valence-electron chi connectivity index (χ4n) is 1.18. The quantitative estimate of drug-likeness (QED) is 0.711. The van der Waals surface area contributed by atoms with E-state index in [4.69, 9.17) is 0 Å². The molecule has 0 saturated carbocycles. The second-order valence-corrected chi connectivity index (χ2v) is 4.40. The van der Waals surface area contributed by atoms with Gasteiger partial charge >= 0.3 is 0 Å². The van der Waals surface area contributed by atoms with Gasteiger partial charge in [-0.25, -0.2) is 0 Å². The molecular formula is C11H23NO2. The molecule has 0 aromatic heterocycles. The number of aliphatic hydroxyl groups excluding tert-OH is 1. The maximum Gasteiger partial charge on any atom is 0.223 e. The van der Waals surface area contributed by atoms with Crippen LogP contribution in [0.15, 0.2) is 0 Å². The minimum atomic E-state index is -0.542. The Bertz CT molecular complexity index is 184. The Morgan fingerprint density at radius 3 is 2.07 bits per heavy atom. The highest BCUT2D eigenvalue weighted by Gasteiger charge is 2.28. The summed E-state index contributed by atoms with van der Waals surface area (Å²) >= 11 is 0. The van der Waals surface area contributed by atoms with Gasteiger partial charge in [0.15, 0.2) is 0 Å². The first-order chi connectivity index (χ1) is 6.35. The van der Waals surface area contributed by atoms with E-state index in [9.17, 15) is 9.90 Å². The van der Waals surface area contributed by atoms with Crippen LogP contribution in [0, 0.1) is 5.92 Å². The highest BCUT2D eigenvalue weighted by atomic mass is 16.3. The van der Waals surface area contributed by atoms with E-state index >= 15 is 0 Å². The van der Waals surface area contributed by atoms with Crippen LogP contribution in [0.2, 0.25) is 0 Å². The summed E-state index contributed by atoms with van der Waals surface area (Å²) in [5.74, 6) is 0.105. The van der Waals surface area contributed by atoms with Gasteiger partial charge in [0, 0.05) is 5.92 Å². The summed E-state index contributed by atoms with van der Waals surface area (Å²) < 4.78 is 0. The standard InChI is InChI=1S/C11H23NO2/c1-6-9(7-2)10(14)12-11(4,5)8(3)13/h8-9,13H,6-7H2,1-5H3,(H,12,14). The van der Waals surface area contributed by atoms with Gasteiger partial charge in [-0.1, -0.05) is 13.8 Å². The molecule has 0 rings (SSSR count). The molecule has 0 saturated heterocycles. The van der Waals surface area contributed by atoms with E-state index in [0.717, 1.165) is 12.8 Å². The number of carbonyl (C=O) groups is 1. The van der Waals surface area contributed by atoms with Crippen LogP contribution in [-0.4, -0.2) is 22.7 Å². The Labute approximate surface area is 86.9 Å². The van der Waals surface area contributed by atoms with Crippen LogP contribution >= 0.6 is 0 Å². The van der Waals surface area contributed by atoms with E-state index in [2.05, 4.69) is 5.32 Å². The van der Waals surface area contributed by atoms with Gasteiger partial charge in [0.2, 0.25) is 5.91 Å². The van der Waals surface area contributed by atoms with Crippen molar-refractivity contribution in [3.8, 4) is 0 Å². The summed E-state index contributed by atoms with van der Waals surface area (Å²) in [5, 5.41) is 12.3. The Morgan fingerprint density at radius 1 is 1.36 bits per heavy atom. The molecule has 1 unspecified atom stereocenters. The molecule has 3 nitrogen and oxygen atoms in total. The lowest BCUT2D eigenvalue weighted by Crippen LogP contribution is -2.52. The van der Waals surface area contributed by atoms with Crippen molar-refractivity contribution in [3.05, 3.63) is 0 Å². The largest absolute Gasteiger partial charge is 0.391 e. The van der Waals surface area contributed by atoms with Crippen molar-refractivity contribution in [2.24, 2.45) is 5.92 Å². The lowest BCUT2D eigenvalue weighted by atomic mass is 9.95. The predicted molar refractivity (Wildman–Crippen MR) is 58.0 cm³/mol. The number of aliphatic hydroxyl groups is 1. The number of hydrogen-bond donors (Lipinski definition) is 2. The molecular weight excluding hydrogens is 178 g/mol. The molecule has 0 aliphatic carbocycles. The van der Waals surface area contributed by atoms with Crippen molar-refractivity contribution in [1.82, 2.24) is 5.32 Å². The second-order valence-electron chi connectivity index (χ2n) is 4.40. The monoisotopic (exact) mass is 201 g/mol. The highest BCUT2D eigenvalue weighted by Crippen LogP contribution is 2.13. The van der Waals surface area contributed by atoms with E-state index in [1.807, 2.05) is 27.7 Å². The van der Waals surface area contributed by atoms with Gasteiger partial charge in [-0.05, 0) is 33.6 Å². The number of nitrogens with one attached hydrogen (secondary N) is 1. The molecule has 0 aliphatic heterocycles. The van der Waals surface area contributed by atoms with Gasteiger partial charge in [-0.3, -0.25) is 4.79 Å². The molecule has 1 atom stereocenters. The average Bonchev–Trinajstić information content (AvgIpc) is 2.05. The van der Waals surface area contributed by atoms with Crippen molar-refractivity contribution in [3.63, 3.8) is 0 Å². The van der Waals surface area contributed by atoms with Gasteiger partial charge in [-0.2, -0.15) is 0 Å². The topological polar surface area (TPSA) is 49.3 Å². The van der Waals surface area contributed by atoms with Gasteiger partial charge in [0.25, 0.3) is 0 Å². The minimum Gasteiger partial charge on any atom is -0.391 e. The molecule has 0 spiro atoms. The van der Waals surface area contributed by atoms with Crippen LogP contribution < -0.4 is 5.32 Å². The van der Waals surface area contributed by atoms with Crippen LogP contribution in [0.25, 0.3) is 0 Å². The third kappa shape index (κ3) is 3.66. The van der Waals surface area contributed by atoms with Gasteiger partial charge in [0.05, 0.1) is 11.6 Å². The Kier molecular flexibility index (Phi) is 5.13. The fraction of sp³-hybridized carbons (Fsp3) is 0.909. The molecule has 0 fully saturated rings. The molecule has 0 aromatic carbocycles. The molecule has 14 heavy (non-hydrogen) atoms. The van der Waals surface area contributed by atoms with Crippen LogP contribution in [0.3, 0.4) is 0 Å². The molecule has 1 amide bonds. The fourth-order valence-corrected chi connectivity index (χ4v) is 1.18. The minimum absolute atomic E-state index is 0.0425. The smallest absolute Gasteiger partial charge is 0.223 e. The molecule has 0 heterocycles. The zero-order valence-corrected chi connectivity index (χ0v) is 9.92. The van der Waals surface area contributed by atoms with E-state index in [1.54, 1.807) is 6.92 Å². The molecule has 0 bridgehead atoms. The predicted octanol–water partition coefficient (Wildman–Crippen LogP) is 1.70. The molecule has 0 radical (unpaired) electrons. The lowest BCUT2D eigenvalue weighted by molar-refractivity contribution is -0.128. The Morgan fingerprint density at radius 2 is 1.79 bits per heavy atom. The number of carbonyl (C=O) groups excluding carboxylic acids is 1. The molecule has 84 valence electrons. The van der Waals surface area contributed by atoms with Crippen LogP contribution in [0.5, 0.6) is 0 Å². The van der Waals surface area contributed by atoms with E-state index < -0.39 is 11.6 Å². The van der Waals surface area contributed by atoms with Crippen LogP contribution in [0.1, 0.15) is 47.5 Å². The van der Waals surface area contributed by atoms with E-state index in [1.165, 1.54) is 0 Å². The number of hydrogen-bond acceptors (Lipinski definition) is 2. The average molecular weight is 201 g/mol. The van der Waals surface area contributed by atoms with Crippen molar-refractivity contribution in [2.45, 2.75) is 59.1 Å². The normalized spacial score (nSPS) is 14.2. The zero-order chi connectivity index (χ0) is 11.4. The molecule has 0 aromatic rings. The Hall–Kier alpha value is -0.570.